The lowest BCUT2D eigenvalue weighted by atomic mass is 9.77. The Hall–Kier alpha value is -4.96. The van der Waals surface area contributed by atoms with Crippen molar-refractivity contribution in [1.29, 1.82) is 0 Å². The van der Waals surface area contributed by atoms with Gasteiger partial charge < -0.3 is 49.7 Å². The van der Waals surface area contributed by atoms with E-state index in [9.17, 15) is 19.2 Å². The van der Waals surface area contributed by atoms with Crippen LogP contribution in [0, 0.1) is 11.8 Å². The van der Waals surface area contributed by atoms with Gasteiger partial charge in [-0.15, -0.1) is 0 Å². The number of urea groups is 2. The number of hydrogen-bond acceptors (Lipinski definition) is 8. The number of imidazole rings is 2. The summed E-state index contributed by atoms with van der Waals surface area (Å²) < 4.78 is 10.8. The number of H-pyrrole nitrogens is 2. The first-order chi connectivity index (χ1) is 30.0. The highest BCUT2D eigenvalue weighted by Gasteiger charge is 2.40. The maximum atomic E-state index is 14.0. The molecular weight excluding hydrogens is 789 g/mol. The SMILES string of the molecule is CC(C)C(NC(=O)N1CCOCC1)C(=O)N1CCCC1c1ncc(-c2ccc(C3CCC(c4cnc(C5CCCN5C(=O)C(NC(=O)N5CCOCC5)C(C)C)[nH]4)CC3)cc2)[nH]1. The number of rotatable bonds is 11. The van der Waals surface area contributed by atoms with Crippen LogP contribution in [-0.4, -0.2) is 141 Å². The number of likely N-dealkylation sites (tertiary alicyclic amines) is 2. The Labute approximate surface area is 365 Å². The molecule has 4 aliphatic heterocycles. The highest BCUT2D eigenvalue weighted by Crippen LogP contribution is 2.41. The molecule has 4 unspecified atom stereocenters. The number of amides is 6. The molecule has 6 amide bonds. The van der Waals surface area contributed by atoms with E-state index in [0.29, 0.717) is 77.5 Å². The predicted molar refractivity (Wildman–Crippen MR) is 233 cm³/mol. The molecule has 16 nitrogen and oxygen atoms in total. The van der Waals surface area contributed by atoms with E-state index >= 15 is 0 Å². The molecule has 0 radical (unpaired) electrons. The summed E-state index contributed by atoms with van der Waals surface area (Å²) in [5, 5.41) is 6.06. The quantitative estimate of drug-likeness (QED) is 0.190. The maximum absolute atomic E-state index is 14.0. The molecular formula is C46H66N10O6. The van der Waals surface area contributed by atoms with Gasteiger partial charge in [-0.2, -0.15) is 0 Å². The molecule has 1 saturated carbocycles. The molecule has 5 aliphatic rings. The van der Waals surface area contributed by atoms with Crippen LogP contribution in [0.15, 0.2) is 36.7 Å². The van der Waals surface area contributed by atoms with Crippen LogP contribution in [-0.2, 0) is 19.1 Å². The smallest absolute Gasteiger partial charge is 0.318 e. The average Bonchev–Trinajstić information content (AvgIpc) is 4.15. The van der Waals surface area contributed by atoms with Gasteiger partial charge in [0.1, 0.15) is 23.7 Å². The molecule has 1 aliphatic carbocycles. The highest BCUT2D eigenvalue weighted by molar-refractivity contribution is 5.88. The third-order valence-electron chi connectivity index (χ3n) is 13.8. The molecule has 16 heteroatoms. The van der Waals surface area contributed by atoms with Crippen molar-refractivity contribution < 1.29 is 28.7 Å². The molecule has 4 atom stereocenters. The molecule has 1 aromatic carbocycles. The van der Waals surface area contributed by atoms with E-state index in [-0.39, 0.29) is 47.8 Å². The Balaban J connectivity index is 0.844. The van der Waals surface area contributed by atoms with Crippen molar-refractivity contribution in [1.82, 2.24) is 50.2 Å². The minimum atomic E-state index is -0.619. The first-order valence-corrected chi connectivity index (χ1v) is 23.1. The van der Waals surface area contributed by atoms with Gasteiger partial charge in [0.05, 0.1) is 50.4 Å². The van der Waals surface area contributed by atoms with Gasteiger partial charge in [-0.25, -0.2) is 19.6 Å². The van der Waals surface area contributed by atoms with Gasteiger partial charge in [-0.3, -0.25) is 9.59 Å². The zero-order chi connectivity index (χ0) is 43.3. The largest absolute Gasteiger partial charge is 0.378 e. The fourth-order valence-electron chi connectivity index (χ4n) is 10.0. The van der Waals surface area contributed by atoms with Crippen molar-refractivity contribution in [2.24, 2.45) is 11.8 Å². The summed E-state index contributed by atoms with van der Waals surface area (Å²) in [6.07, 6.45) is 11.5. The van der Waals surface area contributed by atoms with Crippen LogP contribution in [0.1, 0.15) is 126 Å². The van der Waals surface area contributed by atoms with Gasteiger partial charge in [-0.05, 0) is 80.2 Å². The number of hydrogen-bond donors (Lipinski definition) is 4. The van der Waals surface area contributed by atoms with Crippen LogP contribution in [0.3, 0.4) is 0 Å². The summed E-state index contributed by atoms with van der Waals surface area (Å²) in [6, 6.07) is 6.87. The van der Waals surface area contributed by atoms with E-state index in [1.807, 2.05) is 49.9 Å². The second-order valence-corrected chi connectivity index (χ2v) is 18.5. The number of carbonyl (C=O) groups excluding carboxylic acids is 4. The van der Waals surface area contributed by atoms with Gasteiger partial charge in [0.2, 0.25) is 11.8 Å². The van der Waals surface area contributed by atoms with Crippen molar-refractivity contribution >= 4 is 23.9 Å². The number of aromatic amines is 2. The van der Waals surface area contributed by atoms with E-state index in [2.05, 4.69) is 44.9 Å². The normalized spacial score (nSPS) is 24.4. The Kier molecular flexibility index (Phi) is 13.8. The Morgan fingerprint density at radius 2 is 1.08 bits per heavy atom. The standard InChI is InChI=1S/C46H66N10O6/c1-29(2)39(51-45(59)53-19-23-61-24-20-53)43(57)55-17-5-7-37(55)41-47-27-35(49-41)33-13-9-31(10-14-33)32-11-15-34(16-12-32)36-28-48-42(50-36)38-8-6-18-56(38)44(58)40(30(3)4)52-46(60)54-21-25-62-26-22-54/h9-10,13-14,27-30,32,34,37-40H,5-8,11-12,15-26H2,1-4H3,(H,47,49)(H,48,50)(H,51,59)(H,52,60). The molecule has 5 fully saturated rings. The number of nitrogens with zero attached hydrogens (tertiary/aromatic N) is 6. The van der Waals surface area contributed by atoms with E-state index in [4.69, 9.17) is 19.4 Å². The molecule has 8 rings (SSSR count). The third kappa shape index (κ3) is 9.65. The molecule has 336 valence electrons. The van der Waals surface area contributed by atoms with E-state index < -0.39 is 12.1 Å². The Morgan fingerprint density at radius 3 is 1.58 bits per heavy atom. The van der Waals surface area contributed by atoms with Crippen LogP contribution in [0.25, 0.3) is 11.3 Å². The summed E-state index contributed by atoms with van der Waals surface area (Å²) in [4.78, 5) is 78.0. The lowest BCUT2D eigenvalue weighted by Crippen LogP contribution is -2.55. The summed E-state index contributed by atoms with van der Waals surface area (Å²) in [7, 11) is 0. The van der Waals surface area contributed by atoms with Gasteiger partial charge in [0, 0.05) is 57.1 Å². The van der Waals surface area contributed by atoms with Crippen molar-refractivity contribution in [2.45, 2.75) is 115 Å². The van der Waals surface area contributed by atoms with Crippen LogP contribution < -0.4 is 10.6 Å². The first kappa shape index (κ1) is 43.7. The topological polar surface area (TPSA) is 181 Å². The molecule has 3 aromatic rings. The van der Waals surface area contributed by atoms with Crippen molar-refractivity contribution in [3.8, 4) is 11.3 Å². The molecule has 62 heavy (non-hydrogen) atoms. The van der Waals surface area contributed by atoms with Gasteiger partial charge in [-0.1, -0.05) is 52.0 Å². The van der Waals surface area contributed by atoms with Crippen LogP contribution >= 0.6 is 0 Å². The van der Waals surface area contributed by atoms with E-state index in [1.54, 1.807) is 9.80 Å². The van der Waals surface area contributed by atoms with Crippen LogP contribution in [0.2, 0.25) is 0 Å². The number of ether oxygens (including phenoxy) is 2. The zero-order valence-corrected chi connectivity index (χ0v) is 36.9. The number of nitrogens with one attached hydrogen (secondary N) is 4. The second-order valence-electron chi connectivity index (χ2n) is 18.5. The van der Waals surface area contributed by atoms with Gasteiger partial charge in [0.15, 0.2) is 0 Å². The maximum Gasteiger partial charge on any atom is 0.318 e. The fraction of sp³-hybridized carbons (Fsp3) is 0.652. The second kappa shape index (κ2) is 19.6. The Bertz CT molecular complexity index is 2000. The fourth-order valence-corrected chi connectivity index (χ4v) is 10.0. The number of aromatic nitrogens is 4. The summed E-state index contributed by atoms with van der Waals surface area (Å²) >= 11 is 0. The van der Waals surface area contributed by atoms with Crippen molar-refractivity contribution in [3.05, 3.63) is 59.6 Å². The van der Waals surface area contributed by atoms with Crippen LogP contribution in [0.5, 0.6) is 0 Å². The minimum absolute atomic E-state index is 0.0445. The number of carbonyl (C=O) groups is 4. The van der Waals surface area contributed by atoms with E-state index in [1.165, 1.54) is 5.56 Å². The molecule has 6 heterocycles. The third-order valence-corrected chi connectivity index (χ3v) is 13.8. The van der Waals surface area contributed by atoms with Crippen molar-refractivity contribution in [3.63, 3.8) is 0 Å². The van der Waals surface area contributed by atoms with Gasteiger partial charge in [0.25, 0.3) is 0 Å². The average molecular weight is 855 g/mol. The Morgan fingerprint density at radius 1 is 0.613 bits per heavy atom. The first-order valence-electron chi connectivity index (χ1n) is 23.1. The number of morpholine rings is 2. The molecule has 0 spiro atoms. The summed E-state index contributed by atoms with van der Waals surface area (Å²) in [5.74, 6) is 2.25. The van der Waals surface area contributed by atoms with Crippen LogP contribution in [0.4, 0.5) is 9.59 Å². The zero-order valence-electron chi connectivity index (χ0n) is 36.9. The monoisotopic (exact) mass is 855 g/mol. The molecule has 2 aromatic heterocycles. The molecule has 4 saturated heterocycles. The molecule has 4 N–H and O–H groups in total. The van der Waals surface area contributed by atoms with Crippen molar-refractivity contribution in [2.75, 3.05) is 65.7 Å². The summed E-state index contributed by atoms with van der Waals surface area (Å²) in [5.41, 5.74) is 4.46. The number of benzene rings is 1. The predicted octanol–water partition coefficient (Wildman–Crippen LogP) is 5.70. The molecule has 0 bridgehead atoms. The summed E-state index contributed by atoms with van der Waals surface area (Å²) in [6.45, 7) is 13.3. The lowest BCUT2D eigenvalue weighted by molar-refractivity contribution is -0.136. The van der Waals surface area contributed by atoms with Gasteiger partial charge >= 0.3 is 12.1 Å². The van der Waals surface area contributed by atoms with E-state index in [0.717, 1.165) is 80.0 Å². The lowest BCUT2D eigenvalue weighted by Gasteiger charge is -2.33. The minimum Gasteiger partial charge on any atom is -0.378 e. The highest BCUT2D eigenvalue weighted by atomic mass is 16.5.